The van der Waals surface area contributed by atoms with E-state index in [1.54, 1.807) is 0 Å². The normalized spacial score (nSPS) is 17.9. The molecule has 1 nitrogen and oxygen atoms in total. The van der Waals surface area contributed by atoms with E-state index in [1.165, 1.54) is 66.8 Å². The molecule has 0 N–H and O–H groups in total. The molecule has 279 valence electrons. The zero-order valence-electron chi connectivity index (χ0n) is 34.0. The zero-order valence-corrected chi connectivity index (χ0v) is 40.0. The molecule has 6 rings (SSSR count). The van der Waals surface area contributed by atoms with Crippen LogP contribution in [0.5, 0.6) is 0 Å². The Balaban J connectivity index is 1.69. The van der Waals surface area contributed by atoms with E-state index in [0.29, 0.717) is 0 Å². The first kappa shape index (κ1) is 40.9. The van der Waals surface area contributed by atoms with E-state index in [2.05, 4.69) is 168 Å². The van der Waals surface area contributed by atoms with Crippen molar-refractivity contribution in [2.45, 2.75) is 113 Å². The van der Waals surface area contributed by atoms with E-state index in [-0.39, 0.29) is 7.25 Å². The van der Waals surface area contributed by atoms with Crippen LogP contribution in [0.25, 0.3) is 34.4 Å². The van der Waals surface area contributed by atoms with Gasteiger partial charge in [0.25, 0.3) is 0 Å². The zero-order chi connectivity index (χ0) is 38.4. The number of aryl methyl sites for hydroxylation is 2. The first-order chi connectivity index (χ1) is 25.1. The summed E-state index contributed by atoms with van der Waals surface area (Å²) in [6, 6.07) is 32.0. The quantitative estimate of drug-likeness (QED) is 0.114. The Morgan fingerprint density at radius 2 is 0.925 bits per heavy atom. The van der Waals surface area contributed by atoms with Crippen LogP contribution in [0.2, 0.25) is 39.3 Å². The number of halogens is 2. The fraction of sp³-hybridized carbons (Fsp3) is 0.391. The minimum atomic E-state index is -5.26. The number of fused-ring (bicyclic) bond motifs is 2. The van der Waals surface area contributed by atoms with Gasteiger partial charge in [-0.05, 0) is 0 Å². The van der Waals surface area contributed by atoms with Gasteiger partial charge in [0, 0.05) is 0 Å². The molecular weight excluding hydrogens is 796 g/mol. The Hall–Kier alpha value is -1.72. The van der Waals surface area contributed by atoms with Crippen LogP contribution in [0.1, 0.15) is 94.0 Å². The van der Waals surface area contributed by atoms with Crippen molar-refractivity contribution < 1.29 is 16.2 Å². The Morgan fingerprint density at radius 3 is 1.28 bits per heavy atom. The van der Waals surface area contributed by atoms with Crippen molar-refractivity contribution >= 4 is 50.6 Å². The summed E-state index contributed by atoms with van der Waals surface area (Å²) in [5.74, 6) is 0. The van der Waals surface area contributed by atoms with Crippen molar-refractivity contribution in [2.24, 2.45) is 0 Å². The van der Waals surface area contributed by atoms with Gasteiger partial charge < -0.3 is 0 Å². The first-order valence-electron chi connectivity index (χ1n) is 20.3. The van der Waals surface area contributed by atoms with E-state index in [1.807, 2.05) is 0 Å². The second-order valence-electron chi connectivity index (χ2n) is 17.7. The predicted octanol–water partition coefficient (Wildman–Crippen LogP) is 14.6. The molecule has 53 heavy (non-hydrogen) atoms. The first-order valence-corrected chi connectivity index (χ1v) is 38.1. The number of hydrogen-bond acceptors (Lipinski definition) is 1. The van der Waals surface area contributed by atoms with Gasteiger partial charge in [-0.25, -0.2) is 0 Å². The van der Waals surface area contributed by atoms with Gasteiger partial charge in [-0.3, -0.25) is 0 Å². The molecule has 2 unspecified atom stereocenters. The summed E-state index contributed by atoms with van der Waals surface area (Å²) in [6.07, 6.45) is 11.2. The second kappa shape index (κ2) is 15.7. The monoisotopic (exact) mass is 854 g/mol. The Bertz CT molecular complexity index is 1920. The summed E-state index contributed by atoms with van der Waals surface area (Å²) in [6.45, 7) is 24.3. The summed E-state index contributed by atoms with van der Waals surface area (Å²) in [4.78, 5) is 0.831. The Morgan fingerprint density at radius 1 is 0.547 bits per heavy atom. The van der Waals surface area contributed by atoms with Crippen LogP contribution < -0.4 is 0 Å². The van der Waals surface area contributed by atoms with Crippen LogP contribution in [0.15, 0.2) is 96.1 Å². The van der Waals surface area contributed by atoms with Gasteiger partial charge in [-0.2, -0.15) is 0 Å². The van der Waals surface area contributed by atoms with Crippen molar-refractivity contribution in [1.82, 2.24) is 4.14 Å². The molecule has 4 aromatic rings. The molecule has 0 radical (unpaired) electrons. The molecule has 0 spiro atoms. The van der Waals surface area contributed by atoms with Crippen LogP contribution in [0, 0.1) is 0 Å². The van der Waals surface area contributed by atoms with Crippen molar-refractivity contribution in [1.29, 1.82) is 0 Å². The van der Waals surface area contributed by atoms with E-state index in [9.17, 15) is 0 Å². The molecule has 2 atom stereocenters. The molecule has 2 aliphatic carbocycles. The molecule has 0 bridgehead atoms. The molecule has 0 amide bonds. The topological polar surface area (TPSA) is 3.24 Å². The predicted molar refractivity (Wildman–Crippen MR) is 241 cm³/mol. The standard InChI is InChI=1S/2C20H21.C6H19BNSi2.2ClH.Zr/c2*1-3-8-15-13-17-10-7-12-19(20(17)14-15)18-11-6-5-9-16(18)4-2;1-9(2,3)8(7)10(4,5)6;;;/h2*5-7,9-14H,3-4,8H2,1-2H3;7H,1-6H3;2*1H;/q;;+1;;;+1/p-2. The molecule has 0 aliphatic heterocycles. The summed E-state index contributed by atoms with van der Waals surface area (Å²) < 4.78 is 3.00. The summed E-state index contributed by atoms with van der Waals surface area (Å²) in [7, 11) is 14.6. The van der Waals surface area contributed by atoms with E-state index in [0.717, 1.165) is 43.5 Å². The van der Waals surface area contributed by atoms with Crippen molar-refractivity contribution in [3.05, 3.63) is 129 Å². The number of allylic oxidation sites excluding steroid dienone is 2. The molecule has 0 saturated carbocycles. The third kappa shape index (κ3) is 7.59. The van der Waals surface area contributed by atoms with Gasteiger partial charge in [0.15, 0.2) is 0 Å². The SMILES string of the molecule is CCCC1=Cc2c(-c3ccccc3CC)cccc2[CH]1[Zr]([Cl])([Cl])([BH]N([Si](C)(C)C)[Si](C)(C)C)[CH]1C(CCC)=Cc2c(-c3ccccc3CC)cccc21. The molecule has 0 fully saturated rings. The van der Waals surface area contributed by atoms with Gasteiger partial charge in [-0.15, -0.1) is 0 Å². The summed E-state index contributed by atoms with van der Waals surface area (Å²) >= 11 is -5.26. The fourth-order valence-electron chi connectivity index (χ4n) is 10.1. The number of nitrogens with zero attached hydrogens (tertiary/aromatic N) is 1. The maximum atomic E-state index is 9.14. The summed E-state index contributed by atoms with van der Waals surface area (Å²) in [5, 5.41) is 0. The van der Waals surface area contributed by atoms with Gasteiger partial charge >= 0.3 is 335 Å². The molecule has 4 aromatic carbocycles. The third-order valence-corrected chi connectivity index (χ3v) is 39.1. The molecule has 0 aromatic heterocycles. The van der Waals surface area contributed by atoms with Crippen molar-refractivity contribution in [3.8, 4) is 22.3 Å². The van der Waals surface area contributed by atoms with Gasteiger partial charge in [0.1, 0.15) is 0 Å². The van der Waals surface area contributed by atoms with E-state index in [4.69, 9.17) is 17.0 Å². The van der Waals surface area contributed by atoms with Crippen LogP contribution in [-0.2, 0) is 29.0 Å². The fourth-order valence-corrected chi connectivity index (χ4v) is 52.4. The van der Waals surface area contributed by atoms with Crippen LogP contribution in [-0.4, -0.2) is 25.6 Å². The average molecular weight is 857 g/mol. The van der Waals surface area contributed by atoms with Gasteiger partial charge in [-0.1, -0.05) is 0 Å². The number of hydrogen-bond donors (Lipinski definition) is 0. The molecule has 0 saturated heterocycles. The Labute approximate surface area is 332 Å². The van der Waals surface area contributed by atoms with Crippen molar-refractivity contribution in [3.63, 3.8) is 0 Å². The third-order valence-electron chi connectivity index (χ3n) is 12.0. The average Bonchev–Trinajstić information content (AvgIpc) is 3.69. The molecule has 7 heteroatoms. The molecule has 2 aliphatic rings. The maximum absolute atomic E-state index is 9.14. The van der Waals surface area contributed by atoms with Gasteiger partial charge in [0.05, 0.1) is 0 Å². The molecule has 0 heterocycles. The van der Waals surface area contributed by atoms with E-state index < -0.39 is 32.6 Å². The van der Waals surface area contributed by atoms with Crippen LogP contribution in [0.3, 0.4) is 0 Å². The minimum absolute atomic E-state index is 0.0291. The van der Waals surface area contributed by atoms with Crippen LogP contribution in [0.4, 0.5) is 0 Å². The van der Waals surface area contributed by atoms with Gasteiger partial charge in [0.2, 0.25) is 0 Å². The summed E-state index contributed by atoms with van der Waals surface area (Å²) in [5.41, 5.74) is 16.4. The Kier molecular flexibility index (Phi) is 12.1. The number of benzene rings is 4. The second-order valence-corrected chi connectivity index (χ2v) is 49.9. The van der Waals surface area contributed by atoms with E-state index >= 15 is 0 Å². The van der Waals surface area contributed by atoms with Crippen LogP contribution >= 0.6 is 17.0 Å². The molecular formula is C46H61BCl2NSi2Zr. The number of rotatable bonds is 14. The van der Waals surface area contributed by atoms with Crippen molar-refractivity contribution in [2.75, 3.05) is 0 Å².